The standard InChI is InChI=1S/C22H18ClNO/c23-19-9-7-16(8-10-19)21-11-18(21)14-25-13-17-6-5-15-3-1-2-4-20(15)22(17)12-24/h1-10,18,21H,11,13-14H2/t18-,21-/m0/s1. The van der Waals surface area contributed by atoms with Crippen LogP contribution in [0.25, 0.3) is 10.8 Å². The summed E-state index contributed by atoms with van der Waals surface area (Å²) in [7, 11) is 0. The second-order valence-electron chi connectivity index (χ2n) is 6.60. The van der Waals surface area contributed by atoms with E-state index in [0.29, 0.717) is 18.4 Å². The summed E-state index contributed by atoms with van der Waals surface area (Å²) in [6, 6.07) is 22.5. The molecule has 0 bridgehead atoms. The molecule has 0 saturated heterocycles. The SMILES string of the molecule is N#Cc1c(COC[C@@H]2C[C@H]2c2ccc(Cl)cc2)ccc2ccccc12. The third-order valence-corrected chi connectivity index (χ3v) is 5.19. The minimum absolute atomic E-state index is 0.484. The Balaban J connectivity index is 1.39. The summed E-state index contributed by atoms with van der Waals surface area (Å²) in [6.45, 7) is 1.21. The van der Waals surface area contributed by atoms with Gasteiger partial charge in [0.15, 0.2) is 0 Å². The lowest BCUT2D eigenvalue weighted by molar-refractivity contribution is 0.110. The van der Waals surface area contributed by atoms with E-state index in [1.807, 2.05) is 42.5 Å². The first-order chi connectivity index (χ1) is 12.3. The molecule has 0 heterocycles. The molecule has 1 aliphatic rings. The minimum atomic E-state index is 0.484. The molecule has 0 spiro atoms. The Morgan fingerprint density at radius 2 is 1.84 bits per heavy atom. The van der Waals surface area contributed by atoms with Crippen molar-refractivity contribution < 1.29 is 4.74 Å². The average Bonchev–Trinajstić information content (AvgIpc) is 3.41. The van der Waals surface area contributed by atoms with Gasteiger partial charge >= 0.3 is 0 Å². The molecule has 0 aliphatic heterocycles. The molecule has 0 aromatic heterocycles. The van der Waals surface area contributed by atoms with Gasteiger partial charge in [-0.2, -0.15) is 5.26 Å². The summed E-state index contributed by atoms with van der Waals surface area (Å²) in [5, 5.41) is 12.4. The number of fused-ring (bicyclic) bond motifs is 1. The molecular weight excluding hydrogens is 330 g/mol. The highest BCUT2D eigenvalue weighted by molar-refractivity contribution is 6.30. The van der Waals surface area contributed by atoms with Crippen molar-refractivity contribution in [3.8, 4) is 6.07 Å². The summed E-state index contributed by atoms with van der Waals surface area (Å²) >= 11 is 5.94. The van der Waals surface area contributed by atoms with Gasteiger partial charge in [0, 0.05) is 5.02 Å². The number of rotatable bonds is 5. The molecule has 0 amide bonds. The fraction of sp³-hybridized carbons (Fsp3) is 0.227. The lowest BCUT2D eigenvalue weighted by Gasteiger charge is -2.09. The van der Waals surface area contributed by atoms with Crippen LogP contribution < -0.4 is 0 Å². The first-order valence-corrected chi connectivity index (χ1v) is 8.88. The molecule has 2 atom stereocenters. The summed E-state index contributed by atoms with van der Waals surface area (Å²) < 4.78 is 5.93. The lowest BCUT2D eigenvalue weighted by atomic mass is 10.0. The molecule has 2 nitrogen and oxygen atoms in total. The Morgan fingerprint density at radius 1 is 1.04 bits per heavy atom. The van der Waals surface area contributed by atoms with Crippen molar-refractivity contribution >= 4 is 22.4 Å². The quantitative estimate of drug-likeness (QED) is 0.594. The largest absolute Gasteiger partial charge is 0.376 e. The smallest absolute Gasteiger partial charge is 0.100 e. The van der Waals surface area contributed by atoms with E-state index in [0.717, 1.165) is 39.9 Å². The Hall–Kier alpha value is -2.34. The first kappa shape index (κ1) is 16.1. The van der Waals surface area contributed by atoms with Crippen molar-refractivity contribution in [3.05, 3.63) is 82.4 Å². The van der Waals surface area contributed by atoms with Gasteiger partial charge in [-0.25, -0.2) is 0 Å². The number of halogens is 1. The van der Waals surface area contributed by atoms with Crippen LogP contribution in [-0.2, 0) is 11.3 Å². The second kappa shape index (κ2) is 6.88. The van der Waals surface area contributed by atoms with E-state index in [9.17, 15) is 5.26 Å². The molecule has 0 radical (unpaired) electrons. The predicted molar refractivity (Wildman–Crippen MR) is 101 cm³/mol. The second-order valence-corrected chi connectivity index (χ2v) is 7.04. The minimum Gasteiger partial charge on any atom is -0.376 e. The molecule has 3 aromatic carbocycles. The Bertz CT molecular complexity index is 942. The van der Waals surface area contributed by atoms with Gasteiger partial charge in [-0.15, -0.1) is 0 Å². The zero-order valence-corrected chi connectivity index (χ0v) is 14.5. The van der Waals surface area contributed by atoms with Gasteiger partial charge in [-0.3, -0.25) is 0 Å². The van der Waals surface area contributed by atoms with Crippen LogP contribution in [0.4, 0.5) is 0 Å². The number of hydrogen-bond donors (Lipinski definition) is 0. The van der Waals surface area contributed by atoms with Crippen LogP contribution in [0, 0.1) is 17.2 Å². The number of hydrogen-bond acceptors (Lipinski definition) is 2. The van der Waals surface area contributed by atoms with Crippen molar-refractivity contribution in [3.63, 3.8) is 0 Å². The summed E-state index contributed by atoms with van der Waals surface area (Å²) in [6.07, 6.45) is 1.16. The van der Waals surface area contributed by atoms with Gasteiger partial charge in [0.2, 0.25) is 0 Å². The van der Waals surface area contributed by atoms with E-state index in [4.69, 9.17) is 16.3 Å². The fourth-order valence-corrected chi connectivity index (χ4v) is 3.57. The summed E-state index contributed by atoms with van der Waals surface area (Å²) in [5.41, 5.74) is 3.02. The van der Waals surface area contributed by atoms with E-state index in [1.165, 1.54) is 5.56 Å². The maximum atomic E-state index is 9.53. The summed E-state index contributed by atoms with van der Waals surface area (Å²) in [4.78, 5) is 0. The van der Waals surface area contributed by atoms with Crippen molar-refractivity contribution in [2.24, 2.45) is 5.92 Å². The van der Waals surface area contributed by atoms with Gasteiger partial charge in [-0.1, -0.05) is 60.1 Å². The molecule has 0 N–H and O–H groups in total. The number of benzene rings is 3. The van der Waals surface area contributed by atoms with E-state index >= 15 is 0 Å². The lowest BCUT2D eigenvalue weighted by Crippen LogP contribution is -2.01. The maximum Gasteiger partial charge on any atom is 0.100 e. The molecule has 124 valence electrons. The van der Waals surface area contributed by atoms with Gasteiger partial charge < -0.3 is 4.74 Å². The molecule has 3 aromatic rings. The predicted octanol–water partition coefficient (Wildman–Crippen LogP) is 5.69. The Morgan fingerprint density at radius 3 is 2.64 bits per heavy atom. The number of nitriles is 1. The van der Waals surface area contributed by atoms with Crippen LogP contribution in [0.5, 0.6) is 0 Å². The Labute approximate surface area is 152 Å². The van der Waals surface area contributed by atoms with E-state index in [1.54, 1.807) is 0 Å². The average molecular weight is 348 g/mol. The highest BCUT2D eigenvalue weighted by Crippen LogP contribution is 2.47. The number of nitrogens with zero attached hydrogens (tertiary/aromatic N) is 1. The van der Waals surface area contributed by atoms with Gasteiger partial charge in [0.1, 0.15) is 6.07 Å². The molecule has 1 saturated carbocycles. The van der Waals surface area contributed by atoms with Gasteiger partial charge in [-0.05, 0) is 52.3 Å². The molecule has 4 rings (SSSR count). The van der Waals surface area contributed by atoms with Crippen LogP contribution in [0.3, 0.4) is 0 Å². The molecule has 1 fully saturated rings. The number of ether oxygens (including phenoxy) is 1. The van der Waals surface area contributed by atoms with Crippen LogP contribution in [0.15, 0.2) is 60.7 Å². The van der Waals surface area contributed by atoms with Crippen molar-refractivity contribution in [1.29, 1.82) is 5.26 Å². The van der Waals surface area contributed by atoms with Gasteiger partial charge in [0.05, 0.1) is 18.8 Å². The Kier molecular flexibility index (Phi) is 4.44. The van der Waals surface area contributed by atoms with Crippen LogP contribution in [0.2, 0.25) is 5.02 Å². The fourth-order valence-electron chi connectivity index (χ4n) is 3.44. The molecule has 3 heteroatoms. The van der Waals surface area contributed by atoms with Crippen molar-refractivity contribution in [2.45, 2.75) is 18.9 Å². The van der Waals surface area contributed by atoms with Crippen molar-refractivity contribution in [2.75, 3.05) is 6.61 Å². The maximum absolute atomic E-state index is 9.53. The molecule has 25 heavy (non-hydrogen) atoms. The normalized spacial score (nSPS) is 18.9. The van der Waals surface area contributed by atoms with Crippen molar-refractivity contribution in [1.82, 2.24) is 0 Å². The highest BCUT2D eigenvalue weighted by atomic mass is 35.5. The van der Waals surface area contributed by atoms with Gasteiger partial charge in [0.25, 0.3) is 0 Å². The third-order valence-electron chi connectivity index (χ3n) is 4.94. The van der Waals surface area contributed by atoms with E-state index in [2.05, 4.69) is 24.3 Å². The van der Waals surface area contributed by atoms with E-state index in [-0.39, 0.29) is 0 Å². The molecular formula is C22H18ClNO. The molecule has 0 unspecified atom stereocenters. The zero-order chi connectivity index (χ0) is 17.2. The van der Waals surface area contributed by atoms with Crippen LogP contribution >= 0.6 is 11.6 Å². The molecule has 1 aliphatic carbocycles. The topological polar surface area (TPSA) is 33.0 Å². The summed E-state index contributed by atoms with van der Waals surface area (Å²) in [5.74, 6) is 1.14. The van der Waals surface area contributed by atoms with Crippen LogP contribution in [0.1, 0.15) is 29.0 Å². The first-order valence-electron chi connectivity index (χ1n) is 8.50. The zero-order valence-electron chi connectivity index (χ0n) is 13.8. The monoisotopic (exact) mass is 347 g/mol. The third kappa shape index (κ3) is 3.39. The van der Waals surface area contributed by atoms with Crippen LogP contribution in [-0.4, -0.2) is 6.61 Å². The highest BCUT2D eigenvalue weighted by Gasteiger charge is 2.38. The van der Waals surface area contributed by atoms with E-state index < -0.39 is 0 Å².